The molecule has 1 saturated heterocycles. The third kappa shape index (κ3) is 2.97. The summed E-state index contributed by atoms with van der Waals surface area (Å²) in [6.07, 6.45) is 7.14. The minimum absolute atomic E-state index is 0.0516. The number of nitrogen functional groups attached to an aromatic ring is 1. The van der Waals surface area contributed by atoms with Crippen molar-refractivity contribution in [3.63, 3.8) is 0 Å². The smallest absolute Gasteiger partial charge is 0.270 e. The lowest BCUT2D eigenvalue weighted by molar-refractivity contribution is 0.0640. The average Bonchev–Trinajstić information content (AvgIpc) is 2.81. The van der Waals surface area contributed by atoms with Gasteiger partial charge in [0.1, 0.15) is 5.69 Å². The number of anilines is 1. The summed E-state index contributed by atoms with van der Waals surface area (Å²) in [4.78, 5) is 16.6. The van der Waals surface area contributed by atoms with E-state index in [2.05, 4.69) is 10.8 Å². The number of nitrogens with two attached hydrogens (primary N) is 1. The Hall–Kier alpha value is -1.93. The van der Waals surface area contributed by atoms with Gasteiger partial charge in [-0.25, -0.2) is 0 Å². The molecule has 2 N–H and O–H groups in total. The van der Waals surface area contributed by atoms with Crippen LogP contribution in [-0.2, 0) is 0 Å². The molecular formula is C15H22N4O. The van der Waals surface area contributed by atoms with Crippen LogP contribution in [0.4, 0.5) is 5.69 Å². The van der Waals surface area contributed by atoms with Gasteiger partial charge in [0.25, 0.3) is 5.91 Å². The zero-order valence-corrected chi connectivity index (χ0v) is 12.2. The number of nitrogens with zero attached hydrogens (tertiary/aromatic N) is 3. The van der Waals surface area contributed by atoms with Crippen LogP contribution in [0.3, 0.4) is 0 Å². The zero-order chi connectivity index (χ0) is 14.7. The molecule has 5 nitrogen and oxygen atoms in total. The number of carbonyl (C=O) groups excluding carboxylic acids is 1. The molecular weight excluding hydrogens is 252 g/mol. The largest absolute Gasteiger partial charge is 0.397 e. The van der Waals surface area contributed by atoms with Gasteiger partial charge in [0, 0.05) is 38.4 Å². The molecule has 5 heteroatoms. The third-order valence-electron chi connectivity index (χ3n) is 3.62. The van der Waals surface area contributed by atoms with Gasteiger partial charge in [-0.1, -0.05) is 5.92 Å². The lowest BCUT2D eigenvalue weighted by Crippen LogP contribution is -2.49. The maximum Gasteiger partial charge on any atom is 0.270 e. The van der Waals surface area contributed by atoms with Crippen LogP contribution in [0.25, 0.3) is 0 Å². The minimum Gasteiger partial charge on any atom is -0.397 e. The quantitative estimate of drug-likeness (QED) is 0.838. The van der Waals surface area contributed by atoms with Gasteiger partial charge in [-0.05, 0) is 19.9 Å². The molecule has 1 aliphatic rings. The van der Waals surface area contributed by atoms with Crippen molar-refractivity contribution >= 4 is 11.6 Å². The third-order valence-corrected chi connectivity index (χ3v) is 3.62. The Morgan fingerprint density at radius 3 is 2.60 bits per heavy atom. The molecule has 0 radical (unpaired) electrons. The van der Waals surface area contributed by atoms with Crippen molar-refractivity contribution < 1.29 is 4.79 Å². The van der Waals surface area contributed by atoms with Crippen LogP contribution in [0.15, 0.2) is 12.3 Å². The summed E-state index contributed by atoms with van der Waals surface area (Å²) < 4.78 is 1.94. The number of amides is 1. The highest BCUT2D eigenvalue weighted by molar-refractivity contribution is 5.94. The van der Waals surface area contributed by atoms with E-state index in [0.717, 1.165) is 13.1 Å². The number of hydrogen-bond acceptors (Lipinski definition) is 3. The monoisotopic (exact) mass is 274 g/mol. The Morgan fingerprint density at radius 1 is 1.40 bits per heavy atom. The van der Waals surface area contributed by atoms with Crippen LogP contribution in [0.2, 0.25) is 0 Å². The molecule has 0 bridgehead atoms. The second-order valence-corrected chi connectivity index (χ2v) is 5.43. The molecule has 2 heterocycles. The minimum atomic E-state index is 0.0516. The van der Waals surface area contributed by atoms with Crippen molar-refractivity contribution in [2.24, 2.45) is 0 Å². The van der Waals surface area contributed by atoms with Crippen LogP contribution in [0.5, 0.6) is 0 Å². The average molecular weight is 274 g/mol. The van der Waals surface area contributed by atoms with Gasteiger partial charge < -0.3 is 15.2 Å². The molecule has 0 aliphatic carbocycles. The summed E-state index contributed by atoms with van der Waals surface area (Å²) in [6, 6.07) is 1.98. The van der Waals surface area contributed by atoms with Gasteiger partial charge in [0.05, 0.1) is 12.2 Å². The number of aromatic nitrogens is 1. The molecule has 0 aromatic carbocycles. The number of rotatable bonds is 3. The van der Waals surface area contributed by atoms with E-state index in [4.69, 9.17) is 12.2 Å². The lowest BCUT2D eigenvalue weighted by atomic mass is 10.2. The van der Waals surface area contributed by atoms with Crippen molar-refractivity contribution in [1.29, 1.82) is 0 Å². The topological polar surface area (TPSA) is 54.5 Å². The number of piperazine rings is 1. The molecule has 0 unspecified atom stereocenters. The molecule has 0 spiro atoms. The van der Waals surface area contributed by atoms with Crippen LogP contribution in [0.1, 0.15) is 30.4 Å². The maximum atomic E-state index is 12.6. The Balaban J connectivity index is 2.08. The normalized spacial score (nSPS) is 16.4. The van der Waals surface area contributed by atoms with Crippen molar-refractivity contribution in [2.45, 2.75) is 19.9 Å². The first-order chi connectivity index (χ1) is 9.52. The highest BCUT2D eigenvalue weighted by Gasteiger charge is 2.24. The van der Waals surface area contributed by atoms with Crippen molar-refractivity contribution in [3.8, 4) is 12.3 Å². The summed E-state index contributed by atoms with van der Waals surface area (Å²) in [5.41, 5.74) is 7.13. The number of carbonyl (C=O) groups is 1. The first kappa shape index (κ1) is 14.5. The molecule has 108 valence electrons. The van der Waals surface area contributed by atoms with E-state index in [9.17, 15) is 4.79 Å². The Labute approximate surface area is 120 Å². The molecule has 2 rings (SSSR count). The van der Waals surface area contributed by atoms with Crippen molar-refractivity contribution in [2.75, 3.05) is 38.5 Å². The second kappa shape index (κ2) is 6.02. The summed E-state index contributed by atoms with van der Waals surface area (Å²) >= 11 is 0. The Bertz CT molecular complexity index is 518. The SMILES string of the molecule is C#CCN1CCN(C(=O)c2cc(N)cn2C(C)C)CC1. The molecule has 1 aliphatic heterocycles. The lowest BCUT2D eigenvalue weighted by Gasteiger charge is -2.34. The highest BCUT2D eigenvalue weighted by Crippen LogP contribution is 2.19. The van der Waals surface area contributed by atoms with Crippen LogP contribution >= 0.6 is 0 Å². The van der Waals surface area contributed by atoms with Crippen LogP contribution in [0, 0.1) is 12.3 Å². The predicted molar refractivity (Wildman–Crippen MR) is 80.4 cm³/mol. The van der Waals surface area contributed by atoms with Crippen LogP contribution in [-0.4, -0.2) is 53.0 Å². The van der Waals surface area contributed by atoms with E-state index >= 15 is 0 Å². The van der Waals surface area contributed by atoms with E-state index in [1.54, 1.807) is 6.07 Å². The van der Waals surface area contributed by atoms with Gasteiger partial charge in [-0.2, -0.15) is 0 Å². The maximum absolute atomic E-state index is 12.6. The zero-order valence-electron chi connectivity index (χ0n) is 12.2. The Morgan fingerprint density at radius 2 is 2.05 bits per heavy atom. The predicted octanol–water partition coefficient (Wildman–Crippen LogP) is 1.04. The van der Waals surface area contributed by atoms with E-state index in [1.165, 1.54) is 0 Å². The summed E-state index contributed by atoms with van der Waals surface area (Å²) in [7, 11) is 0. The van der Waals surface area contributed by atoms with Gasteiger partial charge >= 0.3 is 0 Å². The van der Waals surface area contributed by atoms with E-state index in [-0.39, 0.29) is 11.9 Å². The molecule has 20 heavy (non-hydrogen) atoms. The Kier molecular flexibility index (Phi) is 4.35. The molecule has 0 atom stereocenters. The molecule has 1 aromatic rings. The highest BCUT2D eigenvalue weighted by atomic mass is 16.2. The van der Waals surface area contributed by atoms with Gasteiger partial charge in [0.15, 0.2) is 0 Å². The van der Waals surface area contributed by atoms with Crippen LogP contribution < -0.4 is 5.73 Å². The van der Waals surface area contributed by atoms with E-state index in [0.29, 0.717) is 31.0 Å². The summed E-state index contributed by atoms with van der Waals surface area (Å²) in [6.45, 7) is 7.81. The molecule has 1 amide bonds. The molecule has 0 saturated carbocycles. The molecule has 1 aromatic heterocycles. The van der Waals surface area contributed by atoms with Gasteiger partial charge in [0.2, 0.25) is 0 Å². The fourth-order valence-corrected chi connectivity index (χ4v) is 2.50. The summed E-state index contributed by atoms with van der Waals surface area (Å²) in [5.74, 6) is 2.69. The number of terminal acetylenes is 1. The van der Waals surface area contributed by atoms with Gasteiger partial charge in [-0.3, -0.25) is 9.69 Å². The standard InChI is InChI=1S/C15H22N4O/c1-4-5-17-6-8-18(9-7-17)15(20)14-10-13(16)11-19(14)12(2)3/h1,10-12H,5-9,16H2,2-3H3. The van der Waals surface area contributed by atoms with Gasteiger partial charge in [-0.15, -0.1) is 6.42 Å². The van der Waals surface area contributed by atoms with Crippen molar-refractivity contribution in [1.82, 2.24) is 14.4 Å². The first-order valence-corrected chi connectivity index (χ1v) is 6.95. The van der Waals surface area contributed by atoms with E-state index < -0.39 is 0 Å². The fourth-order valence-electron chi connectivity index (χ4n) is 2.50. The summed E-state index contributed by atoms with van der Waals surface area (Å²) in [5, 5.41) is 0. The second-order valence-electron chi connectivity index (χ2n) is 5.43. The number of hydrogen-bond donors (Lipinski definition) is 1. The molecule has 1 fully saturated rings. The first-order valence-electron chi connectivity index (χ1n) is 6.95. The van der Waals surface area contributed by atoms with E-state index in [1.807, 2.05) is 29.5 Å². The van der Waals surface area contributed by atoms with Crippen molar-refractivity contribution in [3.05, 3.63) is 18.0 Å². The fraction of sp³-hybridized carbons (Fsp3) is 0.533.